The summed E-state index contributed by atoms with van der Waals surface area (Å²) in [6, 6.07) is 15.5. The topological polar surface area (TPSA) is 58.6 Å². The Bertz CT molecular complexity index is 851. The highest BCUT2D eigenvalue weighted by Crippen LogP contribution is 2.19. The number of amides is 2. The van der Waals surface area contributed by atoms with Crippen LogP contribution in [-0.4, -0.2) is 41.9 Å². The number of aryl methyl sites for hydroxylation is 2. The molecular formula is C26H36N2O3. The van der Waals surface area contributed by atoms with E-state index in [2.05, 4.69) is 5.32 Å². The lowest BCUT2D eigenvalue weighted by Crippen LogP contribution is -2.52. The van der Waals surface area contributed by atoms with Crippen LogP contribution < -0.4 is 10.1 Å². The number of rotatable bonds is 11. The van der Waals surface area contributed by atoms with E-state index in [0.717, 1.165) is 23.1 Å². The summed E-state index contributed by atoms with van der Waals surface area (Å²) in [5.74, 6) is 0.418. The molecule has 2 rings (SSSR count). The van der Waals surface area contributed by atoms with Crippen LogP contribution in [0.3, 0.4) is 0 Å². The highest BCUT2D eigenvalue weighted by molar-refractivity contribution is 5.88. The van der Waals surface area contributed by atoms with Crippen LogP contribution in [0.1, 0.15) is 50.3 Å². The third kappa shape index (κ3) is 7.42. The smallest absolute Gasteiger partial charge is 0.261 e. The maximum atomic E-state index is 13.2. The zero-order chi connectivity index (χ0) is 22.8. The average molecular weight is 425 g/mol. The van der Waals surface area contributed by atoms with Crippen molar-refractivity contribution in [3.8, 4) is 5.75 Å². The molecule has 0 fully saturated rings. The first-order valence-corrected chi connectivity index (χ1v) is 11.2. The molecule has 0 heterocycles. The summed E-state index contributed by atoms with van der Waals surface area (Å²) in [6.45, 7) is 10.3. The minimum Gasteiger partial charge on any atom is -0.483 e. The summed E-state index contributed by atoms with van der Waals surface area (Å²) in [7, 11) is 0. The zero-order valence-electron chi connectivity index (χ0n) is 19.5. The summed E-state index contributed by atoms with van der Waals surface area (Å²) in [5, 5.41) is 3.03. The fourth-order valence-electron chi connectivity index (χ4n) is 3.42. The summed E-state index contributed by atoms with van der Waals surface area (Å²) < 4.78 is 5.87. The summed E-state index contributed by atoms with van der Waals surface area (Å²) >= 11 is 0. The van der Waals surface area contributed by atoms with E-state index in [0.29, 0.717) is 25.1 Å². The van der Waals surface area contributed by atoms with Crippen molar-refractivity contribution in [2.75, 3.05) is 13.2 Å². The molecule has 168 valence electrons. The van der Waals surface area contributed by atoms with E-state index in [1.165, 1.54) is 0 Å². The van der Waals surface area contributed by atoms with Gasteiger partial charge in [0.1, 0.15) is 11.8 Å². The fourth-order valence-corrected chi connectivity index (χ4v) is 3.42. The molecule has 0 bridgehead atoms. The average Bonchev–Trinajstić information content (AvgIpc) is 2.77. The van der Waals surface area contributed by atoms with Gasteiger partial charge in [0, 0.05) is 12.6 Å². The molecule has 5 nitrogen and oxygen atoms in total. The Morgan fingerprint density at radius 2 is 1.74 bits per heavy atom. The molecule has 2 amide bonds. The van der Waals surface area contributed by atoms with E-state index < -0.39 is 6.04 Å². The van der Waals surface area contributed by atoms with Crippen molar-refractivity contribution in [2.24, 2.45) is 0 Å². The minimum absolute atomic E-state index is 0.0684. The van der Waals surface area contributed by atoms with Gasteiger partial charge in [-0.05, 0) is 62.8 Å². The molecule has 2 aromatic carbocycles. The van der Waals surface area contributed by atoms with Crippen molar-refractivity contribution in [1.82, 2.24) is 10.2 Å². The van der Waals surface area contributed by atoms with Gasteiger partial charge in [-0.3, -0.25) is 9.59 Å². The van der Waals surface area contributed by atoms with Crippen molar-refractivity contribution in [3.63, 3.8) is 0 Å². The SMILES string of the molecule is CC[C@H](C)NC(=O)[C@H](CC)N(CCc1ccccc1)C(=O)COc1cc(C)ccc1C. The Balaban J connectivity index is 2.16. The van der Waals surface area contributed by atoms with Gasteiger partial charge in [0.05, 0.1) is 0 Å². The van der Waals surface area contributed by atoms with E-state index in [1.807, 2.05) is 83.1 Å². The summed E-state index contributed by atoms with van der Waals surface area (Å²) in [6.07, 6.45) is 2.07. The van der Waals surface area contributed by atoms with Crippen molar-refractivity contribution < 1.29 is 14.3 Å². The fraction of sp³-hybridized carbons (Fsp3) is 0.462. The monoisotopic (exact) mass is 424 g/mol. The molecule has 0 aliphatic heterocycles. The van der Waals surface area contributed by atoms with Crippen molar-refractivity contribution in [3.05, 3.63) is 65.2 Å². The zero-order valence-corrected chi connectivity index (χ0v) is 19.5. The predicted molar refractivity (Wildman–Crippen MR) is 125 cm³/mol. The van der Waals surface area contributed by atoms with Gasteiger partial charge in [-0.15, -0.1) is 0 Å². The molecule has 1 N–H and O–H groups in total. The molecule has 2 aromatic rings. The van der Waals surface area contributed by atoms with Gasteiger partial charge in [-0.2, -0.15) is 0 Å². The molecule has 0 aliphatic carbocycles. The number of carbonyl (C=O) groups excluding carboxylic acids is 2. The quantitative estimate of drug-likeness (QED) is 0.580. The highest BCUT2D eigenvalue weighted by Gasteiger charge is 2.29. The van der Waals surface area contributed by atoms with Crippen LogP contribution in [0.4, 0.5) is 0 Å². The van der Waals surface area contributed by atoms with Gasteiger partial charge in [-0.1, -0.05) is 56.3 Å². The van der Waals surface area contributed by atoms with Crippen molar-refractivity contribution in [2.45, 2.75) is 66.0 Å². The first kappa shape index (κ1) is 24.4. The Morgan fingerprint density at radius 3 is 2.39 bits per heavy atom. The molecule has 2 atom stereocenters. The first-order valence-electron chi connectivity index (χ1n) is 11.2. The van der Waals surface area contributed by atoms with Crippen LogP contribution in [0.25, 0.3) is 0 Å². The van der Waals surface area contributed by atoms with Crippen molar-refractivity contribution in [1.29, 1.82) is 0 Å². The number of nitrogens with one attached hydrogen (secondary N) is 1. The van der Waals surface area contributed by atoms with Gasteiger partial charge < -0.3 is 15.0 Å². The first-order chi connectivity index (χ1) is 14.8. The van der Waals surface area contributed by atoms with Gasteiger partial charge in [-0.25, -0.2) is 0 Å². The molecule has 0 saturated carbocycles. The number of nitrogens with zero attached hydrogens (tertiary/aromatic N) is 1. The van der Waals surface area contributed by atoms with Gasteiger partial charge in [0.25, 0.3) is 5.91 Å². The molecule has 0 aliphatic rings. The molecule has 31 heavy (non-hydrogen) atoms. The highest BCUT2D eigenvalue weighted by atomic mass is 16.5. The largest absolute Gasteiger partial charge is 0.483 e. The van der Waals surface area contributed by atoms with E-state index in [-0.39, 0.29) is 24.5 Å². The molecule has 5 heteroatoms. The Morgan fingerprint density at radius 1 is 1.03 bits per heavy atom. The third-order valence-corrected chi connectivity index (χ3v) is 5.57. The number of carbonyl (C=O) groups is 2. The lowest BCUT2D eigenvalue weighted by Gasteiger charge is -2.31. The number of hydrogen-bond acceptors (Lipinski definition) is 3. The number of hydrogen-bond donors (Lipinski definition) is 1. The number of ether oxygens (including phenoxy) is 1. The maximum Gasteiger partial charge on any atom is 0.261 e. The lowest BCUT2D eigenvalue weighted by atomic mass is 10.1. The van der Waals surface area contributed by atoms with Gasteiger partial charge in [0.15, 0.2) is 6.61 Å². The normalized spacial score (nSPS) is 12.7. The standard InChI is InChI=1S/C26H36N2O3/c1-6-21(5)27-26(30)23(7-2)28(16-15-22-11-9-8-10-12-22)25(29)18-31-24-17-19(3)13-14-20(24)4/h8-14,17,21,23H,6-7,15-16,18H2,1-5H3,(H,27,30)/t21-,23-/m0/s1. The second kappa shape index (κ2) is 12.1. The predicted octanol–water partition coefficient (Wildman–Crippen LogP) is 4.45. The van der Waals surface area contributed by atoms with Crippen LogP contribution in [0.15, 0.2) is 48.5 Å². The van der Waals surface area contributed by atoms with Crippen molar-refractivity contribution >= 4 is 11.8 Å². The molecule has 0 radical (unpaired) electrons. The minimum atomic E-state index is -0.521. The third-order valence-electron chi connectivity index (χ3n) is 5.57. The second-order valence-corrected chi connectivity index (χ2v) is 8.12. The molecule has 0 aromatic heterocycles. The van der Waals surface area contributed by atoms with Crippen LogP contribution in [0.5, 0.6) is 5.75 Å². The Kier molecular flexibility index (Phi) is 9.57. The maximum absolute atomic E-state index is 13.2. The van der Waals surface area contributed by atoms with Gasteiger partial charge in [0.2, 0.25) is 5.91 Å². The molecule has 0 saturated heterocycles. The van der Waals surface area contributed by atoms with E-state index in [9.17, 15) is 9.59 Å². The Labute approximate surface area is 186 Å². The summed E-state index contributed by atoms with van der Waals surface area (Å²) in [4.78, 5) is 27.8. The van der Waals surface area contributed by atoms with Gasteiger partial charge >= 0.3 is 0 Å². The van der Waals surface area contributed by atoms with E-state index >= 15 is 0 Å². The number of benzene rings is 2. The van der Waals surface area contributed by atoms with Crippen LogP contribution in [-0.2, 0) is 16.0 Å². The molecule has 0 unspecified atom stereocenters. The van der Waals surface area contributed by atoms with E-state index in [1.54, 1.807) is 4.90 Å². The second-order valence-electron chi connectivity index (χ2n) is 8.12. The Hall–Kier alpha value is -2.82. The van der Waals surface area contributed by atoms with Crippen LogP contribution in [0, 0.1) is 13.8 Å². The van der Waals surface area contributed by atoms with Crippen LogP contribution >= 0.6 is 0 Å². The lowest BCUT2D eigenvalue weighted by molar-refractivity contribution is -0.142. The van der Waals surface area contributed by atoms with E-state index in [4.69, 9.17) is 4.74 Å². The molecule has 0 spiro atoms. The molecular weight excluding hydrogens is 388 g/mol. The summed E-state index contributed by atoms with van der Waals surface area (Å²) in [5.41, 5.74) is 3.19. The van der Waals surface area contributed by atoms with Crippen LogP contribution in [0.2, 0.25) is 0 Å².